The SMILES string of the molecule is Cc1ccc(C)c(O[C@H](C)C(=O)NCc2nc(C)cc(=O)[nH]2)c1. The van der Waals surface area contributed by atoms with Gasteiger partial charge in [0.15, 0.2) is 6.10 Å². The molecule has 0 saturated carbocycles. The molecule has 1 atom stereocenters. The lowest BCUT2D eigenvalue weighted by molar-refractivity contribution is -0.127. The molecule has 2 aromatic rings. The number of carbonyl (C=O) groups excluding carboxylic acids is 1. The Hall–Kier alpha value is -2.63. The van der Waals surface area contributed by atoms with Crippen molar-refractivity contribution in [2.45, 2.75) is 40.3 Å². The highest BCUT2D eigenvalue weighted by molar-refractivity contribution is 5.80. The van der Waals surface area contributed by atoms with Crippen molar-refractivity contribution in [3.63, 3.8) is 0 Å². The van der Waals surface area contributed by atoms with Crippen LogP contribution >= 0.6 is 0 Å². The quantitative estimate of drug-likeness (QED) is 0.881. The van der Waals surface area contributed by atoms with Gasteiger partial charge in [0.1, 0.15) is 11.6 Å². The summed E-state index contributed by atoms with van der Waals surface area (Å²) >= 11 is 0. The number of aromatic amines is 1. The molecule has 0 aliphatic carbocycles. The van der Waals surface area contributed by atoms with E-state index in [1.54, 1.807) is 13.8 Å². The molecule has 0 saturated heterocycles. The molecule has 2 N–H and O–H groups in total. The summed E-state index contributed by atoms with van der Waals surface area (Å²) < 4.78 is 5.72. The van der Waals surface area contributed by atoms with Crippen molar-refractivity contribution >= 4 is 5.91 Å². The lowest BCUT2D eigenvalue weighted by atomic mass is 10.1. The highest BCUT2D eigenvalue weighted by atomic mass is 16.5. The van der Waals surface area contributed by atoms with Crippen LogP contribution in [0.25, 0.3) is 0 Å². The Kier molecular flexibility index (Phi) is 5.16. The van der Waals surface area contributed by atoms with E-state index in [-0.39, 0.29) is 18.0 Å². The summed E-state index contributed by atoms with van der Waals surface area (Å²) in [5.74, 6) is 0.840. The molecule has 1 aromatic carbocycles. The van der Waals surface area contributed by atoms with Crippen molar-refractivity contribution in [2.75, 3.05) is 0 Å². The van der Waals surface area contributed by atoms with Crippen LogP contribution < -0.4 is 15.6 Å². The molecule has 122 valence electrons. The predicted molar refractivity (Wildman–Crippen MR) is 87.4 cm³/mol. The third-order valence-electron chi connectivity index (χ3n) is 3.37. The Morgan fingerprint density at radius 1 is 1.30 bits per heavy atom. The van der Waals surface area contributed by atoms with E-state index in [0.717, 1.165) is 11.1 Å². The molecule has 0 unspecified atom stereocenters. The monoisotopic (exact) mass is 315 g/mol. The summed E-state index contributed by atoms with van der Waals surface area (Å²) in [6.07, 6.45) is -0.646. The summed E-state index contributed by atoms with van der Waals surface area (Å²) in [5.41, 5.74) is 2.42. The van der Waals surface area contributed by atoms with Gasteiger partial charge in [-0.25, -0.2) is 4.98 Å². The van der Waals surface area contributed by atoms with Crippen molar-refractivity contribution in [3.05, 3.63) is 57.3 Å². The maximum atomic E-state index is 12.1. The van der Waals surface area contributed by atoms with Gasteiger partial charge in [0.25, 0.3) is 11.5 Å². The van der Waals surface area contributed by atoms with E-state index in [2.05, 4.69) is 15.3 Å². The van der Waals surface area contributed by atoms with Crippen molar-refractivity contribution in [3.8, 4) is 5.75 Å². The second-order valence-corrected chi connectivity index (χ2v) is 5.58. The number of benzene rings is 1. The topological polar surface area (TPSA) is 84.1 Å². The average Bonchev–Trinajstić information content (AvgIpc) is 2.47. The van der Waals surface area contributed by atoms with Crippen LogP contribution in [0.15, 0.2) is 29.1 Å². The van der Waals surface area contributed by atoms with Gasteiger partial charge in [-0.1, -0.05) is 12.1 Å². The summed E-state index contributed by atoms with van der Waals surface area (Å²) in [6, 6.07) is 7.25. The van der Waals surface area contributed by atoms with E-state index in [9.17, 15) is 9.59 Å². The van der Waals surface area contributed by atoms with Crippen LogP contribution in [0, 0.1) is 20.8 Å². The second kappa shape index (κ2) is 7.09. The zero-order valence-corrected chi connectivity index (χ0v) is 13.8. The van der Waals surface area contributed by atoms with Crippen LogP contribution in [-0.2, 0) is 11.3 Å². The van der Waals surface area contributed by atoms with Crippen LogP contribution in [0.1, 0.15) is 29.6 Å². The van der Waals surface area contributed by atoms with E-state index in [0.29, 0.717) is 17.3 Å². The van der Waals surface area contributed by atoms with Gasteiger partial charge in [-0.15, -0.1) is 0 Å². The van der Waals surface area contributed by atoms with E-state index in [1.165, 1.54) is 6.07 Å². The van der Waals surface area contributed by atoms with Crippen molar-refractivity contribution < 1.29 is 9.53 Å². The fraction of sp³-hybridized carbons (Fsp3) is 0.353. The molecule has 6 heteroatoms. The lowest BCUT2D eigenvalue weighted by Gasteiger charge is -2.16. The van der Waals surface area contributed by atoms with Crippen LogP contribution in [0.3, 0.4) is 0 Å². The van der Waals surface area contributed by atoms with Crippen molar-refractivity contribution in [1.82, 2.24) is 15.3 Å². The molecule has 0 radical (unpaired) electrons. The number of nitrogens with one attached hydrogen (secondary N) is 2. The molecule has 1 amide bonds. The van der Waals surface area contributed by atoms with Gasteiger partial charge in [0.2, 0.25) is 0 Å². The van der Waals surface area contributed by atoms with Crippen LogP contribution in [0.2, 0.25) is 0 Å². The zero-order valence-electron chi connectivity index (χ0n) is 13.8. The third-order valence-corrected chi connectivity index (χ3v) is 3.37. The highest BCUT2D eigenvalue weighted by Crippen LogP contribution is 2.20. The number of aryl methyl sites for hydroxylation is 3. The molecule has 2 rings (SSSR count). The first-order valence-corrected chi connectivity index (χ1v) is 7.43. The van der Waals surface area contributed by atoms with Gasteiger partial charge in [-0.3, -0.25) is 9.59 Å². The fourth-order valence-electron chi connectivity index (χ4n) is 2.12. The summed E-state index contributed by atoms with van der Waals surface area (Å²) in [6.45, 7) is 7.46. The second-order valence-electron chi connectivity index (χ2n) is 5.58. The normalized spacial score (nSPS) is 11.8. The van der Waals surface area contributed by atoms with Gasteiger partial charge >= 0.3 is 0 Å². The van der Waals surface area contributed by atoms with Crippen molar-refractivity contribution in [2.24, 2.45) is 0 Å². The van der Waals surface area contributed by atoms with Crippen LogP contribution in [0.4, 0.5) is 0 Å². The van der Waals surface area contributed by atoms with Gasteiger partial charge in [0.05, 0.1) is 6.54 Å². The first-order valence-electron chi connectivity index (χ1n) is 7.43. The van der Waals surface area contributed by atoms with E-state index in [1.807, 2.05) is 32.0 Å². The fourth-order valence-corrected chi connectivity index (χ4v) is 2.12. The Labute approximate surface area is 134 Å². The van der Waals surface area contributed by atoms with E-state index >= 15 is 0 Å². The van der Waals surface area contributed by atoms with Gasteiger partial charge in [0, 0.05) is 11.8 Å². The molecule has 23 heavy (non-hydrogen) atoms. The molecule has 1 heterocycles. The maximum absolute atomic E-state index is 12.1. The Morgan fingerprint density at radius 2 is 2.04 bits per heavy atom. The number of hydrogen-bond acceptors (Lipinski definition) is 4. The maximum Gasteiger partial charge on any atom is 0.261 e. The van der Waals surface area contributed by atoms with E-state index in [4.69, 9.17) is 4.74 Å². The minimum atomic E-state index is -0.646. The van der Waals surface area contributed by atoms with Gasteiger partial charge < -0.3 is 15.0 Å². The first-order chi connectivity index (χ1) is 10.8. The summed E-state index contributed by atoms with van der Waals surface area (Å²) in [4.78, 5) is 30.2. The molecule has 0 aliphatic heterocycles. The summed E-state index contributed by atoms with van der Waals surface area (Å²) in [5, 5.41) is 2.71. The number of hydrogen-bond donors (Lipinski definition) is 2. The van der Waals surface area contributed by atoms with Gasteiger partial charge in [-0.2, -0.15) is 0 Å². The molecule has 0 aliphatic rings. The molecule has 0 fully saturated rings. The summed E-state index contributed by atoms with van der Waals surface area (Å²) in [7, 11) is 0. The third kappa shape index (κ3) is 4.67. The molecular formula is C17H21N3O3. The minimum absolute atomic E-state index is 0.149. The number of rotatable bonds is 5. The molecule has 0 spiro atoms. The van der Waals surface area contributed by atoms with Crippen LogP contribution in [-0.4, -0.2) is 22.0 Å². The van der Waals surface area contributed by atoms with Gasteiger partial charge in [-0.05, 0) is 44.9 Å². The first kappa shape index (κ1) is 16.7. The standard InChI is InChI=1S/C17H21N3O3/c1-10-5-6-11(2)14(7-10)23-13(4)17(22)18-9-15-19-12(3)8-16(21)20-15/h5-8,13H,9H2,1-4H3,(H,18,22)(H,19,20,21)/t13-/m1/s1. The minimum Gasteiger partial charge on any atom is -0.481 e. The average molecular weight is 315 g/mol. The molecule has 1 aromatic heterocycles. The smallest absolute Gasteiger partial charge is 0.261 e. The Bertz CT molecular complexity index is 768. The number of carbonyl (C=O) groups is 1. The molecular weight excluding hydrogens is 294 g/mol. The Balaban J connectivity index is 1.97. The lowest BCUT2D eigenvalue weighted by Crippen LogP contribution is -2.36. The Morgan fingerprint density at radius 3 is 2.74 bits per heavy atom. The zero-order chi connectivity index (χ0) is 17.0. The number of nitrogens with zero attached hydrogens (tertiary/aromatic N) is 1. The number of ether oxygens (including phenoxy) is 1. The molecule has 6 nitrogen and oxygen atoms in total. The van der Waals surface area contributed by atoms with Crippen LogP contribution in [0.5, 0.6) is 5.75 Å². The highest BCUT2D eigenvalue weighted by Gasteiger charge is 2.15. The predicted octanol–water partition coefficient (Wildman–Crippen LogP) is 1.78. The largest absolute Gasteiger partial charge is 0.481 e. The van der Waals surface area contributed by atoms with E-state index < -0.39 is 6.10 Å². The number of H-pyrrole nitrogens is 1. The molecule has 0 bridgehead atoms. The number of aromatic nitrogens is 2. The number of amides is 1. The van der Waals surface area contributed by atoms with Crippen molar-refractivity contribution in [1.29, 1.82) is 0 Å².